The molecule has 2 heterocycles. The predicted molar refractivity (Wildman–Crippen MR) is 76.3 cm³/mol. The molecule has 0 saturated carbocycles. The number of aromatic nitrogens is 3. The summed E-state index contributed by atoms with van der Waals surface area (Å²) in [5.41, 5.74) is 1.29. The second-order valence-corrected chi connectivity index (χ2v) is 6.55. The van der Waals surface area contributed by atoms with Crippen molar-refractivity contribution in [3.05, 3.63) is 28.5 Å². The largest absolute Gasteiger partial charge is 0.323 e. The number of thiazole rings is 1. The maximum Gasteiger partial charge on any atom is 0.229 e. The van der Waals surface area contributed by atoms with E-state index in [1.807, 2.05) is 39.3 Å². The molecular formula is C13H18N4OS. The fourth-order valence-corrected chi connectivity index (χ4v) is 2.08. The topological polar surface area (TPSA) is 59.8 Å². The van der Waals surface area contributed by atoms with E-state index in [4.69, 9.17) is 0 Å². The number of hydrogen-bond acceptors (Lipinski definition) is 4. The number of aryl methyl sites for hydroxylation is 1. The van der Waals surface area contributed by atoms with Crippen LogP contribution in [0.5, 0.6) is 0 Å². The lowest BCUT2D eigenvalue weighted by Crippen LogP contribution is -2.27. The lowest BCUT2D eigenvalue weighted by atomic mass is 9.96. The Morgan fingerprint density at radius 2 is 2.21 bits per heavy atom. The van der Waals surface area contributed by atoms with Gasteiger partial charge in [0.25, 0.3) is 0 Å². The fraction of sp³-hybridized carbons (Fsp3) is 0.462. The van der Waals surface area contributed by atoms with Gasteiger partial charge < -0.3 is 5.32 Å². The zero-order valence-corrected chi connectivity index (χ0v) is 12.4. The van der Waals surface area contributed by atoms with Crippen molar-refractivity contribution in [1.29, 1.82) is 0 Å². The van der Waals surface area contributed by atoms with Gasteiger partial charge in [-0.2, -0.15) is 5.10 Å². The third-order valence-corrected chi connectivity index (χ3v) is 3.39. The molecule has 0 atom stereocenters. The molecule has 0 aliphatic heterocycles. The first kappa shape index (κ1) is 13.7. The van der Waals surface area contributed by atoms with Crippen molar-refractivity contribution in [2.75, 3.05) is 5.32 Å². The molecule has 1 amide bonds. The third kappa shape index (κ3) is 3.64. The molecule has 0 spiro atoms. The molecule has 0 aliphatic rings. The molecule has 5 nitrogen and oxygen atoms in total. The van der Waals surface area contributed by atoms with Gasteiger partial charge >= 0.3 is 0 Å². The highest BCUT2D eigenvalue weighted by Crippen LogP contribution is 2.17. The Morgan fingerprint density at radius 3 is 2.79 bits per heavy atom. The number of nitrogens with zero attached hydrogens (tertiary/aromatic N) is 3. The monoisotopic (exact) mass is 278 g/mol. The van der Waals surface area contributed by atoms with Crippen molar-refractivity contribution in [3.63, 3.8) is 0 Å². The van der Waals surface area contributed by atoms with E-state index in [2.05, 4.69) is 15.4 Å². The number of rotatable bonds is 3. The SMILES string of the molecule is Cc1nc(Cn2cc(NC(=O)C(C)(C)C)cn2)cs1. The fourth-order valence-electron chi connectivity index (χ4n) is 1.48. The van der Waals surface area contributed by atoms with E-state index in [0.29, 0.717) is 12.2 Å². The number of nitrogens with one attached hydrogen (secondary N) is 1. The Bertz CT molecular complexity index is 579. The third-order valence-electron chi connectivity index (χ3n) is 2.56. The standard InChI is InChI=1S/C13H18N4OS/c1-9-15-11(8-19-9)7-17-6-10(5-14-17)16-12(18)13(2,3)4/h5-6,8H,7H2,1-4H3,(H,16,18). The normalized spacial score (nSPS) is 11.6. The molecular weight excluding hydrogens is 260 g/mol. The molecule has 0 fully saturated rings. The molecule has 0 bridgehead atoms. The average molecular weight is 278 g/mol. The van der Waals surface area contributed by atoms with E-state index in [0.717, 1.165) is 10.7 Å². The molecule has 102 valence electrons. The van der Waals surface area contributed by atoms with E-state index in [9.17, 15) is 4.79 Å². The minimum atomic E-state index is -0.409. The molecule has 0 radical (unpaired) electrons. The summed E-state index contributed by atoms with van der Waals surface area (Å²) in [7, 11) is 0. The number of carbonyl (C=O) groups excluding carboxylic acids is 1. The molecule has 2 aromatic heterocycles. The molecule has 2 aromatic rings. The van der Waals surface area contributed by atoms with Gasteiger partial charge in [0.05, 0.1) is 29.1 Å². The van der Waals surface area contributed by atoms with Gasteiger partial charge in [-0.15, -0.1) is 11.3 Å². The maximum absolute atomic E-state index is 11.8. The highest BCUT2D eigenvalue weighted by Gasteiger charge is 2.21. The van der Waals surface area contributed by atoms with Crippen LogP contribution in [-0.4, -0.2) is 20.7 Å². The van der Waals surface area contributed by atoms with Crippen LogP contribution in [0, 0.1) is 12.3 Å². The Hall–Kier alpha value is -1.69. The molecule has 0 unspecified atom stereocenters. The van der Waals surface area contributed by atoms with Gasteiger partial charge in [0, 0.05) is 17.0 Å². The second-order valence-electron chi connectivity index (χ2n) is 5.49. The van der Waals surface area contributed by atoms with Crippen LogP contribution in [-0.2, 0) is 11.3 Å². The molecule has 6 heteroatoms. The lowest BCUT2D eigenvalue weighted by Gasteiger charge is -2.16. The zero-order chi connectivity index (χ0) is 14.0. The van der Waals surface area contributed by atoms with Crippen LogP contribution in [0.3, 0.4) is 0 Å². The quantitative estimate of drug-likeness (QED) is 0.939. The number of hydrogen-bond donors (Lipinski definition) is 1. The number of carbonyl (C=O) groups is 1. The Kier molecular flexibility index (Phi) is 3.71. The Labute approximate surface area is 116 Å². The molecule has 0 saturated heterocycles. The van der Waals surface area contributed by atoms with Crippen LogP contribution in [0.2, 0.25) is 0 Å². The predicted octanol–water partition coefficient (Wildman–Crippen LogP) is 2.68. The van der Waals surface area contributed by atoms with Crippen molar-refractivity contribution in [1.82, 2.24) is 14.8 Å². The van der Waals surface area contributed by atoms with Gasteiger partial charge in [0.1, 0.15) is 0 Å². The molecule has 1 N–H and O–H groups in total. The van der Waals surface area contributed by atoms with Crippen molar-refractivity contribution >= 4 is 22.9 Å². The van der Waals surface area contributed by atoms with Gasteiger partial charge in [-0.1, -0.05) is 20.8 Å². The van der Waals surface area contributed by atoms with Gasteiger partial charge in [-0.05, 0) is 6.92 Å². The van der Waals surface area contributed by atoms with Gasteiger partial charge in [0.2, 0.25) is 5.91 Å². The summed E-state index contributed by atoms with van der Waals surface area (Å²) in [6.45, 7) is 8.24. The average Bonchev–Trinajstić information content (AvgIpc) is 2.88. The Morgan fingerprint density at radius 1 is 1.47 bits per heavy atom. The summed E-state index contributed by atoms with van der Waals surface area (Å²) in [6.07, 6.45) is 3.47. The van der Waals surface area contributed by atoms with E-state index < -0.39 is 5.41 Å². The van der Waals surface area contributed by atoms with Crippen LogP contribution in [0.25, 0.3) is 0 Å². The first-order valence-corrected chi connectivity index (χ1v) is 6.97. The van der Waals surface area contributed by atoms with Crippen molar-refractivity contribution < 1.29 is 4.79 Å². The van der Waals surface area contributed by atoms with E-state index in [1.165, 1.54) is 0 Å². The van der Waals surface area contributed by atoms with Crippen molar-refractivity contribution in [2.24, 2.45) is 5.41 Å². The smallest absolute Gasteiger partial charge is 0.229 e. The van der Waals surface area contributed by atoms with Gasteiger partial charge in [-0.3, -0.25) is 9.48 Å². The summed E-state index contributed by atoms with van der Waals surface area (Å²) in [5, 5.41) is 10.1. The highest BCUT2D eigenvalue weighted by molar-refractivity contribution is 7.09. The second kappa shape index (κ2) is 5.13. The number of anilines is 1. The van der Waals surface area contributed by atoms with Gasteiger partial charge in [0.15, 0.2) is 0 Å². The van der Waals surface area contributed by atoms with Crippen LogP contribution < -0.4 is 5.32 Å². The molecule has 0 aliphatic carbocycles. The minimum Gasteiger partial charge on any atom is -0.323 e. The van der Waals surface area contributed by atoms with Crippen LogP contribution in [0.4, 0.5) is 5.69 Å². The van der Waals surface area contributed by atoms with Crippen molar-refractivity contribution in [2.45, 2.75) is 34.2 Å². The number of amides is 1. The van der Waals surface area contributed by atoms with E-state index in [1.54, 1.807) is 22.2 Å². The summed E-state index contributed by atoms with van der Waals surface area (Å²) >= 11 is 1.62. The summed E-state index contributed by atoms with van der Waals surface area (Å²) in [6, 6.07) is 0. The Balaban J connectivity index is 2.01. The first-order chi connectivity index (χ1) is 8.84. The van der Waals surface area contributed by atoms with Crippen LogP contribution >= 0.6 is 11.3 Å². The first-order valence-electron chi connectivity index (χ1n) is 6.09. The van der Waals surface area contributed by atoms with Crippen molar-refractivity contribution in [3.8, 4) is 0 Å². The van der Waals surface area contributed by atoms with Crippen LogP contribution in [0.1, 0.15) is 31.5 Å². The summed E-state index contributed by atoms with van der Waals surface area (Å²) in [5.74, 6) is -0.0171. The zero-order valence-electron chi connectivity index (χ0n) is 11.6. The van der Waals surface area contributed by atoms with Gasteiger partial charge in [-0.25, -0.2) is 4.98 Å². The minimum absolute atomic E-state index is 0.0171. The molecule has 0 aromatic carbocycles. The van der Waals surface area contributed by atoms with E-state index in [-0.39, 0.29) is 5.91 Å². The highest BCUT2D eigenvalue weighted by atomic mass is 32.1. The summed E-state index contributed by atoms with van der Waals surface area (Å²) in [4.78, 5) is 16.2. The lowest BCUT2D eigenvalue weighted by molar-refractivity contribution is -0.123. The van der Waals surface area contributed by atoms with E-state index >= 15 is 0 Å². The summed E-state index contributed by atoms with van der Waals surface area (Å²) < 4.78 is 1.77. The van der Waals surface area contributed by atoms with Crippen LogP contribution in [0.15, 0.2) is 17.8 Å². The maximum atomic E-state index is 11.8. The molecule has 2 rings (SSSR count). The molecule has 19 heavy (non-hydrogen) atoms.